The lowest BCUT2D eigenvalue weighted by molar-refractivity contribution is -0.124. The van der Waals surface area contributed by atoms with E-state index in [1.165, 1.54) is 34.6 Å². The quantitative estimate of drug-likeness (QED) is 0.593. The molecule has 0 unspecified atom stereocenters. The number of carbonyl (C=O) groups is 2. The molecule has 1 aliphatic carbocycles. The molecule has 1 saturated carbocycles. The SMILES string of the molecule is O=C(COC(=O)c1ccc(Cl)c(S(=O)(=O)N2CCN(c3ccc(F)cc3)CC2)c1)NC1CC1. The average molecular weight is 496 g/mol. The van der Waals surface area contributed by atoms with Gasteiger partial charge in [0.1, 0.15) is 10.7 Å². The van der Waals surface area contributed by atoms with E-state index in [4.69, 9.17) is 16.3 Å². The minimum atomic E-state index is -3.97. The summed E-state index contributed by atoms with van der Waals surface area (Å²) in [5.41, 5.74) is 0.795. The smallest absolute Gasteiger partial charge is 0.338 e. The van der Waals surface area contributed by atoms with Gasteiger partial charge in [-0.25, -0.2) is 17.6 Å². The molecular formula is C22H23ClFN3O5S. The van der Waals surface area contributed by atoms with Gasteiger partial charge in [0.05, 0.1) is 10.6 Å². The van der Waals surface area contributed by atoms with Gasteiger partial charge in [0.25, 0.3) is 5.91 Å². The second-order valence-electron chi connectivity index (χ2n) is 7.93. The molecule has 0 spiro atoms. The molecule has 1 N–H and O–H groups in total. The van der Waals surface area contributed by atoms with Crippen molar-refractivity contribution in [3.05, 3.63) is 58.9 Å². The summed E-state index contributed by atoms with van der Waals surface area (Å²) >= 11 is 6.17. The maximum absolute atomic E-state index is 13.2. The van der Waals surface area contributed by atoms with E-state index in [-0.39, 0.29) is 40.4 Å². The first-order valence-electron chi connectivity index (χ1n) is 10.5. The summed E-state index contributed by atoms with van der Waals surface area (Å²) in [6.07, 6.45) is 1.83. The third-order valence-corrected chi connectivity index (χ3v) is 7.87. The summed E-state index contributed by atoms with van der Waals surface area (Å²) in [4.78, 5) is 25.8. The molecule has 0 radical (unpaired) electrons. The van der Waals surface area contributed by atoms with Crippen LogP contribution in [0.5, 0.6) is 0 Å². The minimum Gasteiger partial charge on any atom is -0.452 e. The molecule has 0 bridgehead atoms. The number of anilines is 1. The Hall–Kier alpha value is -2.69. The zero-order valence-corrected chi connectivity index (χ0v) is 19.2. The van der Waals surface area contributed by atoms with Gasteiger partial charge in [0.15, 0.2) is 6.61 Å². The minimum absolute atomic E-state index is 0.0119. The fourth-order valence-corrected chi connectivity index (χ4v) is 5.44. The van der Waals surface area contributed by atoms with E-state index in [1.807, 2.05) is 4.90 Å². The molecule has 1 heterocycles. The van der Waals surface area contributed by atoms with Crippen molar-refractivity contribution in [2.75, 3.05) is 37.7 Å². The number of piperazine rings is 1. The van der Waals surface area contributed by atoms with Crippen molar-refractivity contribution < 1.29 is 27.1 Å². The van der Waals surface area contributed by atoms with Crippen LogP contribution in [0.25, 0.3) is 0 Å². The molecule has 1 saturated heterocycles. The number of carbonyl (C=O) groups excluding carboxylic acids is 2. The van der Waals surface area contributed by atoms with Gasteiger partial charge >= 0.3 is 5.97 Å². The molecule has 33 heavy (non-hydrogen) atoms. The second-order valence-corrected chi connectivity index (χ2v) is 10.2. The fraction of sp³-hybridized carbons (Fsp3) is 0.364. The highest BCUT2D eigenvalue weighted by molar-refractivity contribution is 7.89. The van der Waals surface area contributed by atoms with Gasteiger partial charge in [-0.15, -0.1) is 0 Å². The van der Waals surface area contributed by atoms with E-state index >= 15 is 0 Å². The Kier molecular flexibility index (Phi) is 6.87. The van der Waals surface area contributed by atoms with Crippen LogP contribution in [0.2, 0.25) is 5.02 Å². The zero-order chi connectivity index (χ0) is 23.6. The molecule has 8 nitrogen and oxygen atoms in total. The average Bonchev–Trinajstić information content (AvgIpc) is 3.62. The van der Waals surface area contributed by atoms with Gasteiger partial charge < -0.3 is 15.0 Å². The molecular weight excluding hydrogens is 473 g/mol. The van der Waals surface area contributed by atoms with Crippen LogP contribution in [0.1, 0.15) is 23.2 Å². The van der Waals surface area contributed by atoms with Crippen LogP contribution in [-0.4, -0.2) is 63.4 Å². The van der Waals surface area contributed by atoms with Gasteiger partial charge in [0.2, 0.25) is 10.0 Å². The van der Waals surface area contributed by atoms with E-state index in [0.29, 0.717) is 13.1 Å². The number of hydrogen-bond donors (Lipinski definition) is 1. The summed E-state index contributed by atoms with van der Waals surface area (Å²) < 4.78 is 45.9. The van der Waals surface area contributed by atoms with Crippen LogP contribution in [0.3, 0.4) is 0 Å². The number of ether oxygens (including phenoxy) is 1. The molecule has 176 valence electrons. The Morgan fingerprint density at radius 1 is 1.06 bits per heavy atom. The Morgan fingerprint density at radius 2 is 1.73 bits per heavy atom. The number of rotatable bonds is 7. The van der Waals surface area contributed by atoms with Crippen LogP contribution in [0.4, 0.5) is 10.1 Å². The molecule has 2 aromatic carbocycles. The number of nitrogens with zero attached hydrogens (tertiary/aromatic N) is 2. The number of halogens is 2. The van der Waals surface area contributed by atoms with Crippen molar-refractivity contribution >= 4 is 39.2 Å². The van der Waals surface area contributed by atoms with Crippen LogP contribution in [-0.2, 0) is 19.6 Å². The number of sulfonamides is 1. The molecule has 0 atom stereocenters. The molecule has 4 rings (SSSR count). The molecule has 11 heteroatoms. The van der Waals surface area contributed by atoms with Gasteiger partial charge in [-0.2, -0.15) is 4.31 Å². The standard InChI is InChI=1S/C22H23ClFN3O5S/c23-19-8-1-15(22(29)32-14-21(28)25-17-4-5-17)13-20(19)33(30,31)27-11-9-26(10-12-27)18-6-2-16(24)3-7-18/h1-3,6-8,13,17H,4-5,9-12,14H2,(H,25,28). The summed E-state index contributed by atoms with van der Waals surface area (Å²) in [6, 6.07) is 10.0. The van der Waals surface area contributed by atoms with Gasteiger partial charge in [-0.1, -0.05) is 11.6 Å². The lowest BCUT2D eigenvalue weighted by Crippen LogP contribution is -2.48. The summed E-state index contributed by atoms with van der Waals surface area (Å²) in [5.74, 6) is -1.54. The van der Waals surface area contributed by atoms with E-state index in [2.05, 4.69) is 5.32 Å². The van der Waals surface area contributed by atoms with Crippen LogP contribution in [0.15, 0.2) is 47.4 Å². The lowest BCUT2D eigenvalue weighted by atomic mass is 10.2. The van der Waals surface area contributed by atoms with Crippen LogP contribution in [0, 0.1) is 5.82 Å². The first kappa shape index (κ1) is 23.5. The summed E-state index contributed by atoms with van der Waals surface area (Å²) in [5, 5.41) is 2.69. The van der Waals surface area contributed by atoms with Crippen LogP contribution < -0.4 is 10.2 Å². The second kappa shape index (κ2) is 9.66. The van der Waals surface area contributed by atoms with Crippen molar-refractivity contribution in [2.45, 2.75) is 23.8 Å². The van der Waals surface area contributed by atoms with Crippen molar-refractivity contribution in [1.29, 1.82) is 0 Å². The van der Waals surface area contributed by atoms with E-state index in [1.54, 1.807) is 12.1 Å². The zero-order valence-electron chi connectivity index (χ0n) is 17.7. The number of hydrogen-bond acceptors (Lipinski definition) is 6. The highest BCUT2D eigenvalue weighted by Gasteiger charge is 2.31. The number of amides is 1. The van der Waals surface area contributed by atoms with Gasteiger partial charge in [0, 0.05) is 37.9 Å². The highest BCUT2D eigenvalue weighted by Crippen LogP contribution is 2.28. The maximum Gasteiger partial charge on any atom is 0.338 e. The predicted molar refractivity (Wildman–Crippen MR) is 120 cm³/mol. The van der Waals surface area contributed by atoms with E-state index in [0.717, 1.165) is 18.5 Å². The number of benzene rings is 2. The predicted octanol–water partition coefficient (Wildman–Crippen LogP) is 2.43. The fourth-order valence-electron chi connectivity index (χ4n) is 3.52. The van der Waals surface area contributed by atoms with Crippen LogP contribution >= 0.6 is 11.6 Å². The van der Waals surface area contributed by atoms with Crippen molar-refractivity contribution in [1.82, 2.24) is 9.62 Å². The monoisotopic (exact) mass is 495 g/mol. The Labute approximate surface area is 196 Å². The van der Waals surface area contributed by atoms with Gasteiger partial charge in [-0.05, 0) is 55.3 Å². The lowest BCUT2D eigenvalue weighted by Gasteiger charge is -2.35. The molecule has 2 fully saturated rings. The topological polar surface area (TPSA) is 96.0 Å². The normalized spacial score (nSPS) is 17.0. The molecule has 0 aromatic heterocycles. The molecule has 1 aliphatic heterocycles. The third-order valence-electron chi connectivity index (χ3n) is 5.49. The van der Waals surface area contributed by atoms with Crippen molar-refractivity contribution in [2.24, 2.45) is 0 Å². The first-order chi connectivity index (χ1) is 15.7. The van der Waals surface area contributed by atoms with E-state index < -0.39 is 28.5 Å². The third kappa shape index (κ3) is 5.63. The highest BCUT2D eigenvalue weighted by atomic mass is 35.5. The Morgan fingerprint density at radius 3 is 2.36 bits per heavy atom. The van der Waals surface area contributed by atoms with Gasteiger partial charge in [-0.3, -0.25) is 4.79 Å². The largest absolute Gasteiger partial charge is 0.452 e. The number of esters is 1. The summed E-state index contributed by atoms with van der Waals surface area (Å²) in [6.45, 7) is 0.796. The number of nitrogens with one attached hydrogen (secondary N) is 1. The summed E-state index contributed by atoms with van der Waals surface area (Å²) in [7, 11) is -3.97. The molecule has 2 aromatic rings. The maximum atomic E-state index is 13.2. The van der Waals surface area contributed by atoms with Crippen molar-refractivity contribution in [3.63, 3.8) is 0 Å². The molecule has 1 amide bonds. The Bertz CT molecular complexity index is 1150. The van der Waals surface area contributed by atoms with Crippen molar-refractivity contribution in [3.8, 4) is 0 Å². The Balaban J connectivity index is 1.42. The van der Waals surface area contributed by atoms with E-state index in [9.17, 15) is 22.4 Å². The first-order valence-corrected chi connectivity index (χ1v) is 12.3. The molecule has 2 aliphatic rings.